The van der Waals surface area contributed by atoms with Crippen molar-refractivity contribution in [2.24, 2.45) is 0 Å². The number of sulfonamides is 1. The predicted molar refractivity (Wildman–Crippen MR) is 152 cm³/mol. The number of hydrogen-bond donors (Lipinski definition) is 1. The number of aryl methyl sites for hydroxylation is 1. The Kier molecular flexibility index (Phi) is 10.2. The van der Waals surface area contributed by atoms with Crippen molar-refractivity contribution < 1.29 is 18.0 Å². The molecule has 0 unspecified atom stereocenters. The SMILES string of the molecule is CCCNC(=O)[C@H](C)N(Cc1ccccc1Cl)C(=O)CN(c1ccc(C)cc1)S(=O)(=O)c1ccc(Cl)cc1. The molecule has 38 heavy (non-hydrogen) atoms. The highest BCUT2D eigenvalue weighted by atomic mass is 35.5. The number of nitrogens with one attached hydrogen (secondary N) is 1. The average Bonchev–Trinajstić information content (AvgIpc) is 2.90. The van der Waals surface area contributed by atoms with E-state index in [4.69, 9.17) is 23.2 Å². The third kappa shape index (κ3) is 7.28. The lowest BCUT2D eigenvalue weighted by Gasteiger charge is -2.32. The Morgan fingerprint density at radius 1 is 0.947 bits per heavy atom. The van der Waals surface area contributed by atoms with Crippen LogP contribution < -0.4 is 9.62 Å². The van der Waals surface area contributed by atoms with E-state index in [9.17, 15) is 18.0 Å². The van der Waals surface area contributed by atoms with Gasteiger partial charge in [-0.2, -0.15) is 0 Å². The minimum absolute atomic E-state index is 0.0123. The molecule has 2 amide bonds. The fourth-order valence-corrected chi connectivity index (χ4v) is 5.50. The summed E-state index contributed by atoms with van der Waals surface area (Å²) in [6, 6.07) is 18.7. The van der Waals surface area contributed by atoms with Crippen molar-refractivity contribution in [3.63, 3.8) is 0 Å². The topological polar surface area (TPSA) is 86.8 Å². The van der Waals surface area contributed by atoms with Crippen LogP contribution in [0.3, 0.4) is 0 Å². The Balaban J connectivity index is 2.02. The number of halogens is 2. The number of carbonyl (C=O) groups excluding carboxylic acids is 2. The maximum absolute atomic E-state index is 13.8. The molecule has 0 aliphatic rings. The fourth-order valence-electron chi connectivity index (χ4n) is 3.76. The highest BCUT2D eigenvalue weighted by Crippen LogP contribution is 2.26. The summed E-state index contributed by atoms with van der Waals surface area (Å²) in [4.78, 5) is 28.1. The lowest BCUT2D eigenvalue weighted by atomic mass is 10.1. The number of carbonyl (C=O) groups is 2. The maximum atomic E-state index is 13.8. The van der Waals surface area contributed by atoms with Crippen molar-refractivity contribution in [2.45, 2.75) is 44.7 Å². The Hall–Kier alpha value is -3.07. The standard InChI is InChI=1S/C28H31Cl2N3O4S/c1-4-17-31-28(35)21(3)32(18-22-7-5-6-8-26(22)30)27(34)19-33(24-13-9-20(2)10-14-24)38(36,37)25-15-11-23(29)12-16-25/h5-16,21H,4,17-19H2,1-3H3,(H,31,35)/t21-/m0/s1. The van der Waals surface area contributed by atoms with Crippen LogP contribution in [0.15, 0.2) is 77.7 Å². The van der Waals surface area contributed by atoms with Crippen molar-refractivity contribution >= 4 is 50.7 Å². The summed E-state index contributed by atoms with van der Waals surface area (Å²) < 4.78 is 28.6. The van der Waals surface area contributed by atoms with Crippen LogP contribution >= 0.6 is 23.2 Å². The van der Waals surface area contributed by atoms with Gasteiger partial charge in [0.1, 0.15) is 12.6 Å². The lowest BCUT2D eigenvalue weighted by molar-refractivity contribution is -0.139. The summed E-state index contributed by atoms with van der Waals surface area (Å²) in [6.07, 6.45) is 0.734. The largest absolute Gasteiger partial charge is 0.354 e. The fraction of sp³-hybridized carbons (Fsp3) is 0.286. The van der Waals surface area contributed by atoms with Gasteiger partial charge in [0.05, 0.1) is 10.6 Å². The second-order valence-electron chi connectivity index (χ2n) is 8.88. The first kappa shape index (κ1) is 29.5. The van der Waals surface area contributed by atoms with E-state index < -0.39 is 28.5 Å². The zero-order chi connectivity index (χ0) is 27.9. The number of nitrogens with zero attached hydrogens (tertiary/aromatic N) is 2. The average molecular weight is 577 g/mol. The van der Waals surface area contributed by atoms with Gasteiger partial charge in [0, 0.05) is 23.1 Å². The molecule has 0 fully saturated rings. The van der Waals surface area contributed by atoms with Crippen molar-refractivity contribution in [2.75, 3.05) is 17.4 Å². The number of hydrogen-bond acceptors (Lipinski definition) is 4. The highest BCUT2D eigenvalue weighted by molar-refractivity contribution is 7.92. The summed E-state index contributed by atoms with van der Waals surface area (Å²) >= 11 is 12.3. The monoisotopic (exact) mass is 575 g/mol. The molecule has 7 nitrogen and oxygen atoms in total. The smallest absolute Gasteiger partial charge is 0.264 e. The van der Waals surface area contributed by atoms with Crippen LogP contribution in [0.5, 0.6) is 0 Å². The molecular formula is C28H31Cl2N3O4S. The van der Waals surface area contributed by atoms with E-state index in [0.717, 1.165) is 16.3 Å². The quantitative estimate of drug-likeness (QED) is 0.330. The van der Waals surface area contributed by atoms with Gasteiger partial charge in [0.15, 0.2) is 0 Å². The Bertz CT molecular complexity index is 1360. The lowest BCUT2D eigenvalue weighted by Crippen LogP contribution is -2.51. The molecular weight excluding hydrogens is 545 g/mol. The van der Waals surface area contributed by atoms with Gasteiger partial charge >= 0.3 is 0 Å². The van der Waals surface area contributed by atoms with Crippen LogP contribution in [0.25, 0.3) is 0 Å². The number of anilines is 1. The van der Waals surface area contributed by atoms with Gasteiger partial charge in [-0.05, 0) is 68.3 Å². The van der Waals surface area contributed by atoms with E-state index >= 15 is 0 Å². The molecule has 0 radical (unpaired) electrons. The van der Waals surface area contributed by atoms with Crippen LogP contribution in [0.4, 0.5) is 5.69 Å². The second kappa shape index (κ2) is 13.1. The van der Waals surface area contributed by atoms with Crippen molar-refractivity contribution in [3.05, 3.63) is 94.0 Å². The summed E-state index contributed by atoms with van der Waals surface area (Å²) in [5.74, 6) is -0.892. The first-order valence-electron chi connectivity index (χ1n) is 12.2. The van der Waals surface area contributed by atoms with Gasteiger partial charge in [0.2, 0.25) is 11.8 Å². The van der Waals surface area contributed by atoms with Crippen LogP contribution in [0.1, 0.15) is 31.4 Å². The molecule has 3 aromatic rings. The minimum Gasteiger partial charge on any atom is -0.354 e. The van der Waals surface area contributed by atoms with E-state index in [0.29, 0.717) is 27.8 Å². The Morgan fingerprint density at radius 2 is 1.58 bits per heavy atom. The maximum Gasteiger partial charge on any atom is 0.264 e. The summed E-state index contributed by atoms with van der Waals surface area (Å²) in [7, 11) is -4.15. The van der Waals surface area contributed by atoms with Gasteiger partial charge in [-0.25, -0.2) is 8.42 Å². The molecule has 0 saturated heterocycles. The molecule has 0 spiro atoms. The van der Waals surface area contributed by atoms with Crippen LogP contribution in [0.2, 0.25) is 10.0 Å². The third-order valence-corrected chi connectivity index (χ3v) is 8.43. The van der Waals surface area contributed by atoms with Gasteiger partial charge in [-0.3, -0.25) is 13.9 Å². The third-order valence-electron chi connectivity index (χ3n) is 6.02. The van der Waals surface area contributed by atoms with Crippen molar-refractivity contribution in [3.8, 4) is 0 Å². The zero-order valence-electron chi connectivity index (χ0n) is 21.5. The molecule has 3 rings (SSSR count). The second-order valence-corrected chi connectivity index (χ2v) is 11.6. The molecule has 1 N–H and O–H groups in total. The first-order valence-corrected chi connectivity index (χ1v) is 14.4. The van der Waals surface area contributed by atoms with Crippen molar-refractivity contribution in [1.29, 1.82) is 0 Å². The van der Waals surface area contributed by atoms with Crippen LogP contribution in [-0.4, -0.2) is 44.3 Å². The van der Waals surface area contributed by atoms with E-state index in [1.807, 2.05) is 13.8 Å². The van der Waals surface area contributed by atoms with Crippen molar-refractivity contribution in [1.82, 2.24) is 10.2 Å². The molecule has 0 aliphatic carbocycles. The minimum atomic E-state index is -4.15. The Morgan fingerprint density at radius 3 is 2.18 bits per heavy atom. The normalized spacial score (nSPS) is 12.0. The van der Waals surface area contributed by atoms with Crippen LogP contribution in [0, 0.1) is 6.92 Å². The predicted octanol–water partition coefficient (Wildman–Crippen LogP) is 5.44. The highest BCUT2D eigenvalue weighted by Gasteiger charge is 2.32. The van der Waals surface area contributed by atoms with E-state index in [-0.39, 0.29) is 17.3 Å². The Labute approximate surface area is 234 Å². The van der Waals surface area contributed by atoms with Crippen LogP contribution in [-0.2, 0) is 26.2 Å². The number of rotatable bonds is 11. The molecule has 202 valence electrons. The molecule has 1 atom stereocenters. The van der Waals surface area contributed by atoms with E-state index in [1.54, 1.807) is 55.5 Å². The molecule has 10 heteroatoms. The van der Waals surface area contributed by atoms with Gasteiger partial charge in [0.25, 0.3) is 10.0 Å². The molecule has 0 aromatic heterocycles. The van der Waals surface area contributed by atoms with Gasteiger partial charge in [-0.1, -0.05) is 66.0 Å². The molecule has 0 saturated carbocycles. The van der Waals surface area contributed by atoms with Gasteiger partial charge < -0.3 is 10.2 Å². The van der Waals surface area contributed by atoms with E-state index in [1.165, 1.54) is 29.2 Å². The summed E-state index contributed by atoms with van der Waals surface area (Å²) in [5, 5.41) is 3.64. The summed E-state index contributed by atoms with van der Waals surface area (Å²) in [5.41, 5.74) is 1.89. The first-order chi connectivity index (χ1) is 18.0. The number of amides is 2. The number of benzene rings is 3. The molecule has 0 heterocycles. The van der Waals surface area contributed by atoms with Gasteiger partial charge in [-0.15, -0.1) is 0 Å². The molecule has 0 aliphatic heterocycles. The summed E-state index contributed by atoms with van der Waals surface area (Å²) in [6.45, 7) is 5.39. The van der Waals surface area contributed by atoms with E-state index in [2.05, 4.69) is 5.32 Å². The zero-order valence-corrected chi connectivity index (χ0v) is 23.9. The molecule has 0 bridgehead atoms. The molecule has 3 aromatic carbocycles.